The van der Waals surface area contributed by atoms with E-state index < -0.39 is 0 Å². The van der Waals surface area contributed by atoms with E-state index in [1.165, 1.54) is 109 Å². The molecule has 1 aromatic rings. The molecule has 0 N–H and O–H groups in total. The third-order valence-electron chi connectivity index (χ3n) is 5.46. The van der Waals surface area contributed by atoms with Crippen LogP contribution in [-0.2, 0) is 13.1 Å². The maximum Gasteiger partial charge on any atom is 0.243 e. The molecule has 0 saturated carbocycles. The second-order valence-corrected chi connectivity index (χ2v) is 8.67. The molecule has 0 aromatic carbocycles. The summed E-state index contributed by atoms with van der Waals surface area (Å²) in [6.45, 7) is 9.29. The van der Waals surface area contributed by atoms with Crippen LogP contribution >= 0.6 is 0 Å². The Morgan fingerprint density at radius 3 is 1.81 bits per heavy atom. The van der Waals surface area contributed by atoms with E-state index in [1.54, 1.807) is 0 Å². The predicted molar refractivity (Wildman–Crippen MR) is 114 cm³/mol. The highest BCUT2D eigenvalue weighted by Crippen LogP contribution is 2.14. The Kier molecular flexibility index (Phi) is 14.7. The molecule has 0 unspecified atom stereocenters. The van der Waals surface area contributed by atoms with Crippen LogP contribution in [0.3, 0.4) is 0 Å². The quantitative estimate of drug-likeness (QED) is 0.191. The number of hydrogen-bond acceptors (Lipinski definition) is 0. The topological polar surface area (TPSA) is 8.81 Å². The highest BCUT2D eigenvalue weighted by atomic mass is 15.1. The molecule has 1 rings (SSSR count). The van der Waals surface area contributed by atoms with Gasteiger partial charge in [0.1, 0.15) is 12.4 Å². The summed E-state index contributed by atoms with van der Waals surface area (Å²) in [5, 5.41) is 0. The molecule has 0 radical (unpaired) electrons. The van der Waals surface area contributed by atoms with Gasteiger partial charge in [-0.05, 0) is 25.2 Å². The second-order valence-electron chi connectivity index (χ2n) is 8.67. The van der Waals surface area contributed by atoms with E-state index in [0.717, 1.165) is 5.92 Å². The van der Waals surface area contributed by atoms with E-state index in [0.29, 0.717) is 0 Å². The van der Waals surface area contributed by atoms with Crippen LogP contribution in [0.4, 0.5) is 0 Å². The zero-order valence-electron chi connectivity index (χ0n) is 18.2. The molecule has 0 spiro atoms. The van der Waals surface area contributed by atoms with Gasteiger partial charge in [-0.2, -0.15) is 0 Å². The maximum atomic E-state index is 2.36. The van der Waals surface area contributed by atoms with Gasteiger partial charge >= 0.3 is 0 Å². The van der Waals surface area contributed by atoms with Crippen LogP contribution in [0, 0.1) is 5.92 Å². The van der Waals surface area contributed by atoms with Gasteiger partial charge in [0.15, 0.2) is 0 Å². The number of nitrogens with zero attached hydrogens (tertiary/aromatic N) is 2. The van der Waals surface area contributed by atoms with Crippen molar-refractivity contribution < 1.29 is 4.57 Å². The Hall–Kier alpha value is -0.790. The van der Waals surface area contributed by atoms with Crippen LogP contribution in [0.1, 0.15) is 117 Å². The average molecular weight is 364 g/mol. The number of imidazole rings is 1. The third kappa shape index (κ3) is 13.4. The van der Waals surface area contributed by atoms with E-state index in [-0.39, 0.29) is 0 Å². The lowest BCUT2D eigenvalue weighted by Crippen LogP contribution is -2.30. The van der Waals surface area contributed by atoms with Crippen LogP contribution in [0.5, 0.6) is 0 Å². The molecule has 2 heteroatoms. The summed E-state index contributed by atoms with van der Waals surface area (Å²) >= 11 is 0. The van der Waals surface area contributed by atoms with Gasteiger partial charge in [0, 0.05) is 0 Å². The molecule has 0 amide bonds. The molecular formula is C24H47N2+. The molecule has 26 heavy (non-hydrogen) atoms. The van der Waals surface area contributed by atoms with Gasteiger partial charge in [0.25, 0.3) is 0 Å². The van der Waals surface area contributed by atoms with Crippen LogP contribution in [0.15, 0.2) is 18.7 Å². The summed E-state index contributed by atoms with van der Waals surface area (Å²) in [6.07, 6.45) is 28.0. The van der Waals surface area contributed by atoms with E-state index in [4.69, 9.17) is 0 Å². The molecule has 1 aromatic heterocycles. The molecule has 2 nitrogen and oxygen atoms in total. The monoisotopic (exact) mass is 363 g/mol. The van der Waals surface area contributed by atoms with Gasteiger partial charge in [-0.25, -0.2) is 9.13 Å². The Morgan fingerprint density at radius 2 is 1.27 bits per heavy atom. The van der Waals surface area contributed by atoms with Crippen molar-refractivity contribution in [2.75, 3.05) is 0 Å². The average Bonchev–Trinajstić information content (AvgIpc) is 3.07. The molecule has 0 aliphatic heterocycles. The summed E-state index contributed by atoms with van der Waals surface area (Å²) < 4.78 is 4.69. The van der Waals surface area contributed by atoms with Gasteiger partial charge < -0.3 is 0 Å². The number of aryl methyl sites for hydroxylation is 2. The predicted octanol–water partition coefficient (Wildman–Crippen LogP) is 7.30. The summed E-state index contributed by atoms with van der Waals surface area (Å²) in [7, 11) is 0. The molecule has 0 aliphatic rings. The van der Waals surface area contributed by atoms with E-state index in [9.17, 15) is 0 Å². The Morgan fingerprint density at radius 1 is 0.731 bits per heavy atom. The first kappa shape index (κ1) is 23.2. The minimum Gasteiger partial charge on any atom is -0.237 e. The van der Waals surface area contributed by atoms with Crippen LogP contribution in [0.2, 0.25) is 0 Å². The number of unbranched alkanes of at least 4 members (excludes halogenated alkanes) is 12. The molecule has 0 atom stereocenters. The van der Waals surface area contributed by atoms with Crippen LogP contribution < -0.4 is 4.57 Å². The smallest absolute Gasteiger partial charge is 0.237 e. The standard InChI is InChI=1S/C24H47N2/c1-4-5-19-25-21-22-26(23-25)20-17-15-13-11-9-7-6-8-10-12-14-16-18-24(2)3/h21-24H,4-20H2,1-3H3/q+1. The van der Waals surface area contributed by atoms with E-state index in [1.807, 2.05) is 0 Å². The highest BCUT2D eigenvalue weighted by molar-refractivity contribution is 4.65. The molecule has 152 valence electrons. The SMILES string of the molecule is CCCCn1cc[n+](CCCCCCCCCCCCCCC(C)C)c1. The van der Waals surface area contributed by atoms with Crippen LogP contribution in [-0.4, -0.2) is 4.57 Å². The van der Waals surface area contributed by atoms with Gasteiger partial charge in [-0.1, -0.05) is 97.8 Å². The van der Waals surface area contributed by atoms with Crippen molar-refractivity contribution >= 4 is 0 Å². The largest absolute Gasteiger partial charge is 0.243 e. The first-order chi connectivity index (χ1) is 12.7. The molecular weight excluding hydrogens is 316 g/mol. The Labute approximate surface area is 164 Å². The fourth-order valence-electron chi connectivity index (χ4n) is 3.66. The minimum atomic E-state index is 0.889. The second kappa shape index (κ2) is 16.4. The number of hydrogen-bond donors (Lipinski definition) is 0. The van der Waals surface area contributed by atoms with Crippen molar-refractivity contribution in [1.29, 1.82) is 0 Å². The lowest BCUT2D eigenvalue weighted by molar-refractivity contribution is -0.696. The van der Waals surface area contributed by atoms with Gasteiger partial charge in [-0.15, -0.1) is 0 Å². The van der Waals surface area contributed by atoms with Crippen molar-refractivity contribution in [3.8, 4) is 0 Å². The maximum absolute atomic E-state index is 2.36. The molecule has 0 fully saturated rings. The van der Waals surface area contributed by atoms with E-state index >= 15 is 0 Å². The minimum absolute atomic E-state index is 0.889. The highest BCUT2D eigenvalue weighted by Gasteiger charge is 2.02. The normalized spacial score (nSPS) is 11.5. The van der Waals surface area contributed by atoms with Crippen molar-refractivity contribution in [3.05, 3.63) is 18.7 Å². The van der Waals surface area contributed by atoms with Crippen LogP contribution in [0.25, 0.3) is 0 Å². The lowest BCUT2D eigenvalue weighted by atomic mass is 10.0. The molecule has 1 heterocycles. The zero-order valence-corrected chi connectivity index (χ0v) is 18.2. The van der Waals surface area contributed by atoms with Crippen molar-refractivity contribution in [1.82, 2.24) is 4.57 Å². The van der Waals surface area contributed by atoms with Gasteiger partial charge in [0.05, 0.1) is 13.1 Å². The summed E-state index contributed by atoms with van der Waals surface area (Å²) in [6, 6.07) is 0. The summed E-state index contributed by atoms with van der Waals surface area (Å²) in [4.78, 5) is 0. The number of rotatable bonds is 18. The lowest BCUT2D eigenvalue weighted by Gasteiger charge is -2.04. The summed E-state index contributed by atoms with van der Waals surface area (Å²) in [5.74, 6) is 0.889. The van der Waals surface area contributed by atoms with Gasteiger partial charge in [0.2, 0.25) is 6.33 Å². The van der Waals surface area contributed by atoms with Crippen molar-refractivity contribution in [2.24, 2.45) is 5.92 Å². The Balaban J connectivity index is 1.80. The zero-order chi connectivity index (χ0) is 18.9. The van der Waals surface area contributed by atoms with Crippen molar-refractivity contribution in [2.45, 2.75) is 130 Å². The first-order valence-electron chi connectivity index (χ1n) is 11.8. The molecule has 0 bridgehead atoms. The fourth-order valence-corrected chi connectivity index (χ4v) is 3.66. The fraction of sp³-hybridized carbons (Fsp3) is 0.875. The van der Waals surface area contributed by atoms with Crippen molar-refractivity contribution in [3.63, 3.8) is 0 Å². The third-order valence-corrected chi connectivity index (χ3v) is 5.46. The first-order valence-corrected chi connectivity index (χ1v) is 11.8. The molecule has 0 aliphatic carbocycles. The van der Waals surface area contributed by atoms with E-state index in [2.05, 4.69) is 48.6 Å². The Bertz CT molecular complexity index is 408. The summed E-state index contributed by atoms with van der Waals surface area (Å²) in [5.41, 5.74) is 0. The number of aromatic nitrogens is 2. The molecule has 0 saturated heterocycles. The van der Waals surface area contributed by atoms with Gasteiger partial charge in [-0.3, -0.25) is 0 Å².